The predicted octanol–water partition coefficient (Wildman–Crippen LogP) is 3.77. The molecule has 0 saturated heterocycles. The van der Waals surface area contributed by atoms with E-state index in [1.54, 1.807) is 13.2 Å². The van der Waals surface area contributed by atoms with Crippen molar-refractivity contribution in [2.24, 2.45) is 0 Å². The topological polar surface area (TPSA) is 47.0 Å². The minimum absolute atomic E-state index is 0.498. The summed E-state index contributed by atoms with van der Waals surface area (Å²) >= 11 is 6.05. The van der Waals surface area contributed by atoms with Gasteiger partial charge in [0, 0.05) is 25.6 Å². The van der Waals surface area contributed by atoms with Crippen LogP contribution in [0.15, 0.2) is 30.3 Å². The Labute approximate surface area is 129 Å². The zero-order valence-electron chi connectivity index (χ0n) is 12.0. The zero-order chi connectivity index (χ0) is 14.7. The average Bonchev–Trinajstić information content (AvgIpc) is 3.31. The lowest BCUT2D eigenvalue weighted by Crippen LogP contribution is -2.04. The van der Waals surface area contributed by atoms with Crippen LogP contribution >= 0.6 is 11.6 Å². The van der Waals surface area contributed by atoms with Gasteiger partial charge in [0.15, 0.2) is 0 Å². The molecule has 5 heteroatoms. The second-order valence-electron chi connectivity index (χ2n) is 5.31. The molecule has 1 saturated carbocycles. The van der Waals surface area contributed by atoms with Crippen molar-refractivity contribution in [3.63, 3.8) is 0 Å². The number of methoxy groups -OCH3 is 1. The molecular weight excluding hydrogens is 286 g/mol. The lowest BCUT2D eigenvalue weighted by molar-refractivity contribution is 0.185. The van der Waals surface area contributed by atoms with Gasteiger partial charge in [-0.25, -0.2) is 9.97 Å². The van der Waals surface area contributed by atoms with Crippen molar-refractivity contribution in [3.8, 4) is 0 Å². The minimum atomic E-state index is 0.498. The third-order valence-electron chi connectivity index (χ3n) is 3.46. The van der Waals surface area contributed by atoms with E-state index in [0.29, 0.717) is 24.2 Å². The number of hydrogen-bond acceptors (Lipinski definition) is 4. The molecular formula is C16H18ClN3O. The Morgan fingerprint density at radius 2 is 1.90 bits per heavy atom. The van der Waals surface area contributed by atoms with Crippen LogP contribution in [0.3, 0.4) is 0 Å². The van der Waals surface area contributed by atoms with Gasteiger partial charge < -0.3 is 10.1 Å². The maximum atomic E-state index is 6.05. The Morgan fingerprint density at radius 3 is 2.57 bits per heavy atom. The summed E-state index contributed by atoms with van der Waals surface area (Å²) in [7, 11) is 1.70. The summed E-state index contributed by atoms with van der Waals surface area (Å²) in [5, 5.41) is 3.81. The van der Waals surface area contributed by atoms with Crippen LogP contribution in [0.1, 0.15) is 35.7 Å². The fourth-order valence-electron chi connectivity index (χ4n) is 2.16. The fraction of sp³-hybridized carbons (Fsp3) is 0.375. The third kappa shape index (κ3) is 3.93. The van der Waals surface area contributed by atoms with Gasteiger partial charge in [-0.15, -0.1) is 0 Å². The summed E-state index contributed by atoms with van der Waals surface area (Å²) in [5.74, 6) is 2.15. The Morgan fingerprint density at radius 1 is 1.19 bits per heavy atom. The van der Waals surface area contributed by atoms with Crippen molar-refractivity contribution in [1.29, 1.82) is 0 Å². The molecule has 21 heavy (non-hydrogen) atoms. The van der Waals surface area contributed by atoms with E-state index in [-0.39, 0.29) is 0 Å². The third-order valence-corrected chi connectivity index (χ3v) is 3.66. The number of halogens is 1. The molecule has 1 aliphatic rings. The van der Waals surface area contributed by atoms with E-state index in [9.17, 15) is 0 Å². The van der Waals surface area contributed by atoms with E-state index < -0.39 is 0 Å². The highest BCUT2D eigenvalue weighted by molar-refractivity contribution is 6.29. The first-order valence-corrected chi connectivity index (χ1v) is 7.47. The molecule has 1 aromatic carbocycles. The zero-order valence-corrected chi connectivity index (χ0v) is 12.7. The molecule has 0 amide bonds. The smallest absolute Gasteiger partial charge is 0.135 e. The lowest BCUT2D eigenvalue weighted by atomic mass is 10.1. The molecule has 1 N–H and O–H groups in total. The summed E-state index contributed by atoms with van der Waals surface area (Å²) in [6.45, 7) is 1.35. The van der Waals surface area contributed by atoms with E-state index in [2.05, 4.69) is 39.6 Å². The summed E-state index contributed by atoms with van der Waals surface area (Å²) in [6.07, 6.45) is 2.33. The molecule has 1 heterocycles. The van der Waals surface area contributed by atoms with Gasteiger partial charge in [0.1, 0.15) is 16.8 Å². The first-order chi connectivity index (χ1) is 10.2. The van der Waals surface area contributed by atoms with Gasteiger partial charge in [-0.3, -0.25) is 0 Å². The number of benzene rings is 1. The summed E-state index contributed by atoms with van der Waals surface area (Å²) in [5.41, 5.74) is 2.36. The molecule has 0 spiro atoms. The lowest BCUT2D eigenvalue weighted by Gasteiger charge is -2.08. The molecule has 0 bridgehead atoms. The highest BCUT2D eigenvalue weighted by Gasteiger charge is 2.27. The quantitative estimate of drug-likeness (QED) is 0.825. The molecule has 0 unspecified atom stereocenters. The van der Waals surface area contributed by atoms with Gasteiger partial charge in [0.2, 0.25) is 0 Å². The van der Waals surface area contributed by atoms with Gasteiger partial charge in [-0.1, -0.05) is 35.9 Å². The Kier molecular flexibility index (Phi) is 4.36. The van der Waals surface area contributed by atoms with Crippen molar-refractivity contribution < 1.29 is 4.74 Å². The second kappa shape index (κ2) is 6.41. The molecule has 3 rings (SSSR count). The molecule has 1 aromatic heterocycles. The van der Waals surface area contributed by atoms with Crippen molar-refractivity contribution in [3.05, 3.63) is 52.4 Å². The molecule has 2 aromatic rings. The van der Waals surface area contributed by atoms with Gasteiger partial charge in [0.25, 0.3) is 0 Å². The van der Waals surface area contributed by atoms with Crippen LogP contribution in [0.5, 0.6) is 0 Å². The van der Waals surface area contributed by atoms with Crippen LogP contribution in [-0.4, -0.2) is 17.1 Å². The van der Waals surface area contributed by atoms with E-state index in [4.69, 9.17) is 16.3 Å². The van der Waals surface area contributed by atoms with Crippen LogP contribution in [0.4, 0.5) is 5.82 Å². The van der Waals surface area contributed by atoms with E-state index in [1.165, 1.54) is 24.0 Å². The maximum absolute atomic E-state index is 6.05. The fourth-order valence-corrected chi connectivity index (χ4v) is 2.35. The summed E-state index contributed by atoms with van der Waals surface area (Å²) < 4.78 is 5.10. The largest absolute Gasteiger partial charge is 0.380 e. The molecule has 1 aliphatic carbocycles. The Balaban J connectivity index is 1.64. The van der Waals surface area contributed by atoms with Crippen LogP contribution in [0, 0.1) is 0 Å². The van der Waals surface area contributed by atoms with Gasteiger partial charge >= 0.3 is 0 Å². The second-order valence-corrected chi connectivity index (χ2v) is 5.70. The standard InChI is InChI=1S/C16H18ClN3O/c1-21-10-12-4-2-11(3-5-12)9-18-15-8-14(17)19-16(20-15)13-6-7-13/h2-5,8,13H,6-7,9-10H2,1H3,(H,18,19,20). The number of rotatable bonds is 6. The summed E-state index contributed by atoms with van der Waals surface area (Å²) in [6, 6.07) is 10.1. The predicted molar refractivity (Wildman–Crippen MR) is 83.5 cm³/mol. The van der Waals surface area contributed by atoms with Gasteiger partial charge in [0.05, 0.1) is 6.61 Å². The van der Waals surface area contributed by atoms with Crippen LogP contribution < -0.4 is 5.32 Å². The number of ether oxygens (including phenoxy) is 1. The molecule has 110 valence electrons. The average molecular weight is 304 g/mol. The molecule has 0 aliphatic heterocycles. The minimum Gasteiger partial charge on any atom is -0.380 e. The van der Waals surface area contributed by atoms with E-state index in [1.807, 2.05) is 0 Å². The normalized spacial score (nSPS) is 14.2. The number of aromatic nitrogens is 2. The van der Waals surface area contributed by atoms with Crippen LogP contribution in [-0.2, 0) is 17.9 Å². The van der Waals surface area contributed by atoms with Gasteiger partial charge in [-0.05, 0) is 24.0 Å². The highest BCUT2D eigenvalue weighted by atomic mass is 35.5. The number of anilines is 1. The van der Waals surface area contributed by atoms with E-state index in [0.717, 1.165) is 11.6 Å². The molecule has 4 nitrogen and oxygen atoms in total. The first kappa shape index (κ1) is 14.3. The number of hydrogen-bond donors (Lipinski definition) is 1. The van der Waals surface area contributed by atoms with E-state index >= 15 is 0 Å². The SMILES string of the molecule is COCc1ccc(CNc2cc(Cl)nc(C3CC3)n2)cc1. The number of nitrogens with zero attached hydrogens (tertiary/aromatic N) is 2. The highest BCUT2D eigenvalue weighted by Crippen LogP contribution is 2.38. The molecule has 0 radical (unpaired) electrons. The van der Waals surface area contributed by atoms with Gasteiger partial charge in [-0.2, -0.15) is 0 Å². The van der Waals surface area contributed by atoms with Crippen LogP contribution in [0.25, 0.3) is 0 Å². The van der Waals surface area contributed by atoms with Crippen LogP contribution in [0.2, 0.25) is 5.15 Å². The molecule has 1 fully saturated rings. The molecule has 0 atom stereocenters. The van der Waals surface area contributed by atoms with Crippen molar-refractivity contribution in [2.45, 2.75) is 31.9 Å². The maximum Gasteiger partial charge on any atom is 0.135 e. The Bertz CT molecular complexity index is 611. The first-order valence-electron chi connectivity index (χ1n) is 7.09. The summed E-state index contributed by atoms with van der Waals surface area (Å²) in [4.78, 5) is 8.81. The van der Waals surface area contributed by atoms with Crippen molar-refractivity contribution >= 4 is 17.4 Å². The van der Waals surface area contributed by atoms with Crippen molar-refractivity contribution in [2.75, 3.05) is 12.4 Å². The Hall–Kier alpha value is -1.65. The number of nitrogens with one attached hydrogen (secondary N) is 1. The van der Waals surface area contributed by atoms with Crippen molar-refractivity contribution in [1.82, 2.24) is 9.97 Å². The monoisotopic (exact) mass is 303 g/mol.